The molecule has 0 unspecified atom stereocenters. The Balaban J connectivity index is 2.36. The second-order valence-corrected chi connectivity index (χ2v) is 6.34. The highest BCUT2D eigenvalue weighted by Crippen LogP contribution is 2.40. The Morgan fingerprint density at radius 2 is 1.58 bits per heavy atom. The fourth-order valence-corrected chi connectivity index (χ4v) is 2.97. The van der Waals surface area contributed by atoms with Crippen LogP contribution in [0.3, 0.4) is 0 Å². The highest BCUT2D eigenvalue weighted by atomic mass is 16.3. The van der Waals surface area contributed by atoms with Gasteiger partial charge in [-0.15, -0.1) is 0 Å². The molecule has 1 saturated heterocycles. The summed E-state index contributed by atoms with van der Waals surface area (Å²) < 4.78 is 0. The van der Waals surface area contributed by atoms with Crippen molar-refractivity contribution in [2.45, 2.75) is 26.8 Å². The Morgan fingerprint density at radius 3 is 2.05 bits per heavy atom. The third-order valence-electron chi connectivity index (χ3n) is 3.58. The molecule has 1 aromatic carbocycles. The third kappa shape index (κ3) is 3.39. The van der Waals surface area contributed by atoms with Crippen molar-refractivity contribution >= 4 is 0 Å². The monoisotopic (exact) mass is 264 g/mol. The van der Waals surface area contributed by atoms with E-state index in [-0.39, 0.29) is 23.0 Å². The number of hydrogen-bond acceptors (Lipinski definition) is 4. The van der Waals surface area contributed by atoms with E-state index in [1.165, 1.54) is 6.07 Å². The molecule has 19 heavy (non-hydrogen) atoms. The van der Waals surface area contributed by atoms with E-state index in [0.29, 0.717) is 0 Å². The van der Waals surface area contributed by atoms with Crippen molar-refractivity contribution in [3.05, 3.63) is 23.8 Å². The number of piperazine rings is 1. The summed E-state index contributed by atoms with van der Waals surface area (Å²) in [5, 5.41) is 22.8. The van der Waals surface area contributed by atoms with Crippen molar-refractivity contribution in [2.24, 2.45) is 5.41 Å². The lowest BCUT2D eigenvalue weighted by molar-refractivity contribution is 0.0859. The lowest BCUT2D eigenvalue weighted by Gasteiger charge is -2.42. The number of nitrogens with one attached hydrogen (secondary N) is 1. The average Bonchev–Trinajstić information content (AvgIpc) is 2.27. The SMILES string of the molecule is CC(C)(C)[C@H](c1cc(O)cc(O)c1)N1CCNCC1. The van der Waals surface area contributed by atoms with Crippen LogP contribution >= 0.6 is 0 Å². The molecule has 106 valence electrons. The molecule has 0 amide bonds. The molecule has 1 heterocycles. The van der Waals surface area contributed by atoms with Crippen molar-refractivity contribution in [1.82, 2.24) is 10.2 Å². The van der Waals surface area contributed by atoms with Gasteiger partial charge in [-0.05, 0) is 23.1 Å². The summed E-state index contributed by atoms with van der Waals surface area (Å²) in [4.78, 5) is 2.42. The zero-order valence-electron chi connectivity index (χ0n) is 12.0. The van der Waals surface area contributed by atoms with Crippen LogP contribution in [0.2, 0.25) is 0 Å². The Bertz CT molecular complexity index is 414. The van der Waals surface area contributed by atoms with Gasteiger partial charge in [0.05, 0.1) is 0 Å². The van der Waals surface area contributed by atoms with Crippen LogP contribution in [0.15, 0.2) is 18.2 Å². The van der Waals surface area contributed by atoms with Gasteiger partial charge in [0.1, 0.15) is 11.5 Å². The number of hydrogen-bond donors (Lipinski definition) is 3. The highest BCUT2D eigenvalue weighted by Gasteiger charge is 2.32. The number of phenolic OH excluding ortho intramolecular Hbond substituents is 2. The maximum Gasteiger partial charge on any atom is 0.119 e. The Labute approximate surface area is 115 Å². The quantitative estimate of drug-likeness (QED) is 0.765. The molecule has 1 fully saturated rings. The molecule has 1 aliphatic rings. The Hall–Kier alpha value is -1.26. The molecule has 0 spiro atoms. The van der Waals surface area contributed by atoms with Gasteiger partial charge >= 0.3 is 0 Å². The van der Waals surface area contributed by atoms with E-state index in [0.717, 1.165) is 31.7 Å². The lowest BCUT2D eigenvalue weighted by atomic mass is 9.81. The first-order valence-electron chi connectivity index (χ1n) is 6.85. The minimum atomic E-state index is 0.0393. The van der Waals surface area contributed by atoms with Crippen LogP contribution in [0.1, 0.15) is 32.4 Å². The maximum atomic E-state index is 9.72. The van der Waals surface area contributed by atoms with Crippen LogP contribution in [0.5, 0.6) is 11.5 Å². The summed E-state index contributed by atoms with van der Waals surface area (Å²) in [5.41, 5.74) is 1.02. The zero-order chi connectivity index (χ0) is 14.0. The average molecular weight is 264 g/mol. The van der Waals surface area contributed by atoms with E-state index >= 15 is 0 Å². The van der Waals surface area contributed by atoms with Crippen LogP contribution in [0.4, 0.5) is 0 Å². The molecule has 0 radical (unpaired) electrons. The van der Waals surface area contributed by atoms with Gasteiger partial charge in [-0.25, -0.2) is 0 Å². The number of rotatable bonds is 2. The van der Waals surface area contributed by atoms with Crippen LogP contribution in [0, 0.1) is 5.41 Å². The Morgan fingerprint density at radius 1 is 1.05 bits per heavy atom. The molecule has 0 saturated carbocycles. The van der Waals surface area contributed by atoms with Crippen LogP contribution in [0.25, 0.3) is 0 Å². The molecule has 1 atom stereocenters. The van der Waals surface area contributed by atoms with Crippen LogP contribution < -0.4 is 5.32 Å². The van der Waals surface area contributed by atoms with Crippen molar-refractivity contribution < 1.29 is 10.2 Å². The van der Waals surface area contributed by atoms with Gasteiger partial charge in [0.25, 0.3) is 0 Å². The molecule has 4 nitrogen and oxygen atoms in total. The van der Waals surface area contributed by atoms with E-state index in [2.05, 4.69) is 31.0 Å². The summed E-state index contributed by atoms with van der Waals surface area (Å²) in [6.45, 7) is 10.5. The maximum absolute atomic E-state index is 9.72. The topological polar surface area (TPSA) is 55.7 Å². The van der Waals surface area contributed by atoms with Gasteiger partial charge < -0.3 is 15.5 Å². The van der Waals surface area contributed by atoms with E-state index < -0.39 is 0 Å². The van der Waals surface area contributed by atoms with E-state index in [4.69, 9.17) is 0 Å². The summed E-state index contributed by atoms with van der Waals surface area (Å²) in [5.74, 6) is 0.249. The van der Waals surface area contributed by atoms with Crippen LogP contribution in [-0.2, 0) is 0 Å². The minimum Gasteiger partial charge on any atom is -0.508 e. The summed E-state index contributed by atoms with van der Waals surface area (Å²) in [6.07, 6.45) is 0. The first-order valence-corrected chi connectivity index (χ1v) is 6.85. The highest BCUT2D eigenvalue weighted by molar-refractivity contribution is 5.38. The molecule has 0 aromatic heterocycles. The summed E-state index contributed by atoms with van der Waals surface area (Å²) in [6, 6.07) is 5.09. The fourth-order valence-electron chi connectivity index (χ4n) is 2.97. The smallest absolute Gasteiger partial charge is 0.119 e. The summed E-state index contributed by atoms with van der Waals surface area (Å²) in [7, 11) is 0. The van der Waals surface area contributed by atoms with Gasteiger partial charge in [0, 0.05) is 38.3 Å². The van der Waals surface area contributed by atoms with Crippen LogP contribution in [-0.4, -0.2) is 41.3 Å². The van der Waals surface area contributed by atoms with Crippen molar-refractivity contribution in [1.29, 1.82) is 0 Å². The fraction of sp³-hybridized carbons (Fsp3) is 0.600. The second kappa shape index (κ2) is 5.39. The van der Waals surface area contributed by atoms with E-state index in [1.807, 2.05) is 0 Å². The van der Waals surface area contributed by atoms with Crippen molar-refractivity contribution in [2.75, 3.05) is 26.2 Å². The lowest BCUT2D eigenvalue weighted by Crippen LogP contribution is -2.48. The third-order valence-corrected chi connectivity index (χ3v) is 3.58. The molecule has 3 N–H and O–H groups in total. The largest absolute Gasteiger partial charge is 0.508 e. The van der Waals surface area contributed by atoms with Crippen molar-refractivity contribution in [3.8, 4) is 11.5 Å². The molecule has 4 heteroatoms. The number of aromatic hydroxyl groups is 2. The van der Waals surface area contributed by atoms with Gasteiger partial charge in [0.15, 0.2) is 0 Å². The van der Waals surface area contributed by atoms with E-state index in [9.17, 15) is 10.2 Å². The standard InChI is InChI=1S/C15H24N2O2/c1-15(2,3)14(17-6-4-16-5-7-17)11-8-12(18)10-13(19)9-11/h8-10,14,16,18-19H,4-7H2,1-3H3/t14-/m0/s1. The van der Waals surface area contributed by atoms with E-state index in [1.54, 1.807) is 12.1 Å². The molecular weight excluding hydrogens is 240 g/mol. The number of nitrogens with zero attached hydrogens (tertiary/aromatic N) is 1. The number of benzene rings is 1. The minimum absolute atomic E-state index is 0.0393. The first kappa shape index (κ1) is 14.2. The zero-order valence-corrected chi connectivity index (χ0v) is 12.0. The first-order chi connectivity index (χ1) is 8.88. The summed E-state index contributed by atoms with van der Waals surface area (Å²) >= 11 is 0. The van der Waals surface area contributed by atoms with Gasteiger partial charge in [-0.1, -0.05) is 20.8 Å². The second-order valence-electron chi connectivity index (χ2n) is 6.34. The normalized spacial score (nSPS) is 19.3. The molecule has 1 aliphatic heterocycles. The molecule has 1 aromatic rings. The number of phenols is 2. The molecular formula is C15H24N2O2. The molecule has 0 bridgehead atoms. The molecule has 2 rings (SSSR count). The predicted octanol–water partition coefficient (Wildman–Crippen LogP) is 2.09. The predicted molar refractivity (Wildman–Crippen MR) is 76.4 cm³/mol. The van der Waals surface area contributed by atoms with Gasteiger partial charge in [-0.3, -0.25) is 4.90 Å². The Kier molecular flexibility index (Phi) is 4.02. The van der Waals surface area contributed by atoms with Gasteiger partial charge in [0.2, 0.25) is 0 Å². The van der Waals surface area contributed by atoms with Crippen molar-refractivity contribution in [3.63, 3.8) is 0 Å². The molecule has 0 aliphatic carbocycles. The van der Waals surface area contributed by atoms with Gasteiger partial charge in [-0.2, -0.15) is 0 Å².